The van der Waals surface area contributed by atoms with E-state index in [4.69, 9.17) is 9.90 Å². The van der Waals surface area contributed by atoms with Crippen molar-refractivity contribution in [2.24, 2.45) is 0 Å². The van der Waals surface area contributed by atoms with Crippen LogP contribution in [0.1, 0.15) is 35.6 Å². The number of alkyl halides is 3. The highest BCUT2D eigenvalue weighted by Crippen LogP contribution is 2.20. The molecule has 4 rings (SSSR count). The Morgan fingerprint density at radius 1 is 1.19 bits per heavy atom. The lowest BCUT2D eigenvalue weighted by Gasteiger charge is -2.11. The molecule has 0 aliphatic heterocycles. The van der Waals surface area contributed by atoms with Crippen molar-refractivity contribution in [1.82, 2.24) is 25.1 Å². The summed E-state index contributed by atoms with van der Waals surface area (Å²) in [6.45, 7) is 1.02. The van der Waals surface area contributed by atoms with E-state index >= 15 is 0 Å². The van der Waals surface area contributed by atoms with Crippen molar-refractivity contribution in [3.05, 3.63) is 65.3 Å². The number of benzene rings is 1. The van der Waals surface area contributed by atoms with Crippen LogP contribution < -0.4 is 5.32 Å². The summed E-state index contributed by atoms with van der Waals surface area (Å²) in [6.07, 6.45) is 3.01. The smallest absolute Gasteiger partial charge is 0.475 e. The molecule has 0 saturated heterocycles. The second-order valence-corrected chi connectivity index (χ2v) is 6.91. The minimum Gasteiger partial charge on any atom is -0.475 e. The molecular weight excluding hydrogens is 418 g/mol. The molecule has 31 heavy (non-hydrogen) atoms. The van der Waals surface area contributed by atoms with Crippen molar-refractivity contribution in [2.45, 2.75) is 44.9 Å². The SMILES string of the molecule is Fc1cccc(-n2cccn2)c1CNCc1nc2c([nH]1)CCCC2.O=C(O)C(F)(F)F. The molecule has 0 bridgehead atoms. The van der Waals surface area contributed by atoms with Crippen molar-refractivity contribution >= 4 is 5.97 Å². The number of carboxylic acid groups (broad SMARTS) is 1. The Morgan fingerprint density at radius 3 is 2.58 bits per heavy atom. The molecule has 1 aromatic carbocycles. The van der Waals surface area contributed by atoms with Gasteiger partial charge in [0.05, 0.1) is 17.9 Å². The topological polar surface area (TPSA) is 95.8 Å². The number of hydrogen-bond acceptors (Lipinski definition) is 4. The minimum atomic E-state index is -5.08. The second-order valence-electron chi connectivity index (χ2n) is 6.91. The number of carboxylic acids is 1. The van der Waals surface area contributed by atoms with Crippen LogP contribution in [0.3, 0.4) is 0 Å². The molecule has 0 fully saturated rings. The molecule has 0 saturated carbocycles. The summed E-state index contributed by atoms with van der Waals surface area (Å²) in [7, 11) is 0. The zero-order chi connectivity index (χ0) is 22.4. The summed E-state index contributed by atoms with van der Waals surface area (Å²) >= 11 is 0. The van der Waals surface area contributed by atoms with E-state index < -0.39 is 12.1 Å². The summed E-state index contributed by atoms with van der Waals surface area (Å²) in [5, 5.41) is 14.6. The summed E-state index contributed by atoms with van der Waals surface area (Å²) in [5.74, 6) is -2.05. The molecule has 3 N–H and O–H groups in total. The third kappa shape index (κ3) is 5.91. The first-order chi connectivity index (χ1) is 14.8. The van der Waals surface area contributed by atoms with Crippen LogP contribution in [0.2, 0.25) is 0 Å². The van der Waals surface area contributed by atoms with Crippen LogP contribution >= 0.6 is 0 Å². The van der Waals surface area contributed by atoms with E-state index in [2.05, 4.69) is 20.4 Å². The fraction of sp³-hybridized carbons (Fsp3) is 0.350. The molecule has 1 aliphatic carbocycles. The average Bonchev–Trinajstić information content (AvgIpc) is 3.38. The molecule has 1 aliphatic rings. The Bertz CT molecular complexity index is 992. The number of rotatable bonds is 5. The number of hydrogen-bond donors (Lipinski definition) is 3. The third-order valence-corrected chi connectivity index (χ3v) is 4.69. The van der Waals surface area contributed by atoms with Gasteiger partial charge in [-0.15, -0.1) is 0 Å². The molecule has 0 radical (unpaired) electrons. The minimum absolute atomic E-state index is 0.228. The molecule has 7 nitrogen and oxygen atoms in total. The molecule has 11 heteroatoms. The first kappa shape index (κ1) is 22.5. The zero-order valence-electron chi connectivity index (χ0n) is 16.4. The largest absolute Gasteiger partial charge is 0.490 e. The lowest BCUT2D eigenvalue weighted by molar-refractivity contribution is -0.192. The van der Waals surface area contributed by atoms with Gasteiger partial charge in [0.25, 0.3) is 0 Å². The Balaban J connectivity index is 0.000000339. The van der Waals surface area contributed by atoms with Crippen LogP contribution in [-0.2, 0) is 30.7 Å². The van der Waals surface area contributed by atoms with Crippen LogP contribution in [-0.4, -0.2) is 37.0 Å². The normalized spacial score (nSPS) is 13.3. The van der Waals surface area contributed by atoms with Gasteiger partial charge in [0.1, 0.15) is 11.6 Å². The van der Waals surface area contributed by atoms with Crippen LogP contribution in [0.25, 0.3) is 5.69 Å². The van der Waals surface area contributed by atoms with Crippen molar-refractivity contribution in [3.63, 3.8) is 0 Å². The van der Waals surface area contributed by atoms with Crippen LogP contribution in [0.15, 0.2) is 36.7 Å². The van der Waals surface area contributed by atoms with Gasteiger partial charge in [-0.05, 0) is 43.9 Å². The van der Waals surface area contributed by atoms with Gasteiger partial charge in [0, 0.05) is 30.2 Å². The molecule has 0 amide bonds. The fourth-order valence-corrected chi connectivity index (χ4v) is 3.25. The van der Waals surface area contributed by atoms with Gasteiger partial charge in [-0.25, -0.2) is 18.9 Å². The number of aromatic amines is 1. The Hall–Kier alpha value is -3.21. The highest BCUT2D eigenvalue weighted by atomic mass is 19.4. The molecule has 3 aromatic rings. The van der Waals surface area contributed by atoms with Gasteiger partial charge in [0.15, 0.2) is 0 Å². The molecule has 0 unspecified atom stereocenters. The van der Waals surface area contributed by atoms with Crippen molar-refractivity contribution in [3.8, 4) is 5.69 Å². The maximum absolute atomic E-state index is 14.2. The molecular formula is C20H21F4N5O2. The predicted octanol–water partition coefficient (Wildman–Crippen LogP) is 3.54. The maximum atomic E-state index is 14.2. The summed E-state index contributed by atoms with van der Waals surface area (Å²) in [5.41, 5.74) is 3.83. The van der Waals surface area contributed by atoms with E-state index in [9.17, 15) is 17.6 Å². The standard InChI is InChI=1S/C18H20FN5.C2HF3O2/c19-14-5-3-8-17(24-10-4-9-21-24)13(14)11-20-12-18-22-15-6-1-2-7-16(15)23-18;3-2(4,5)1(6)7/h3-5,8-10,20H,1-2,6-7,11-12H2,(H,22,23);(H,6,7). The highest BCUT2D eigenvalue weighted by Gasteiger charge is 2.38. The van der Waals surface area contributed by atoms with Gasteiger partial charge in [-0.1, -0.05) is 6.07 Å². The van der Waals surface area contributed by atoms with Gasteiger partial charge in [-0.2, -0.15) is 18.3 Å². The lowest BCUT2D eigenvalue weighted by atomic mass is 10.0. The molecule has 0 spiro atoms. The lowest BCUT2D eigenvalue weighted by Crippen LogP contribution is -2.21. The average molecular weight is 439 g/mol. The molecule has 2 aromatic heterocycles. The number of halogens is 4. The molecule has 166 valence electrons. The number of carbonyl (C=O) groups is 1. The van der Waals surface area contributed by atoms with E-state index in [1.54, 1.807) is 16.9 Å². The van der Waals surface area contributed by atoms with Crippen molar-refractivity contribution in [1.29, 1.82) is 0 Å². The number of imidazole rings is 1. The summed E-state index contributed by atoms with van der Waals surface area (Å²) < 4.78 is 47.7. The number of fused-ring (bicyclic) bond motifs is 1. The first-order valence-corrected chi connectivity index (χ1v) is 9.60. The quantitative estimate of drug-likeness (QED) is 0.529. The Morgan fingerprint density at radius 2 is 1.94 bits per heavy atom. The van der Waals surface area contributed by atoms with Crippen LogP contribution in [0.5, 0.6) is 0 Å². The number of aryl methyl sites for hydroxylation is 2. The molecule has 0 atom stereocenters. The van der Waals surface area contributed by atoms with Gasteiger partial charge in [-0.3, -0.25) is 0 Å². The van der Waals surface area contributed by atoms with E-state index in [0.29, 0.717) is 18.7 Å². The van der Waals surface area contributed by atoms with Gasteiger partial charge in [0.2, 0.25) is 0 Å². The monoisotopic (exact) mass is 439 g/mol. The number of aromatic nitrogens is 4. The van der Waals surface area contributed by atoms with Gasteiger partial charge < -0.3 is 15.4 Å². The van der Waals surface area contributed by atoms with Crippen molar-refractivity contribution in [2.75, 3.05) is 0 Å². The van der Waals surface area contributed by atoms with E-state index in [1.165, 1.54) is 30.3 Å². The van der Waals surface area contributed by atoms with Gasteiger partial charge >= 0.3 is 12.1 Å². The number of nitrogens with one attached hydrogen (secondary N) is 2. The van der Waals surface area contributed by atoms with Crippen LogP contribution in [0, 0.1) is 5.82 Å². The van der Waals surface area contributed by atoms with Crippen LogP contribution in [0.4, 0.5) is 17.6 Å². The fourth-order valence-electron chi connectivity index (χ4n) is 3.25. The third-order valence-electron chi connectivity index (χ3n) is 4.69. The second kappa shape index (κ2) is 9.73. The first-order valence-electron chi connectivity index (χ1n) is 9.60. The predicted molar refractivity (Wildman–Crippen MR) is 103 cm³/mol. The number of aliphatic carboxylic acids is 1. The summed E-state index contributed by atoms with van der Waals surface area (Å²) in [6, 6.07) is 6.89. The molecule has 2 heterocycles. The summed E-state index contributed by atoms with van der Waals surface area (Å²) in [4.78, 5) is 16.9. The van der Waals surface area contributed by atoms with E-state index in [0.717, 1.165) is 24.4 Å². The van der Waals surface area contributed by atoms with Crippen molar-refractivity contribution < 1.29 is 27.5 Å². The highest BCUT2D eigenvalue weighted by molar-refractivity contribution is 5.73. The van der Waals surface area contributed by atoms with E-state index in [-0.39, 0.29) is 5.82 Å². The van der Waals surface area contributed by atoms with E-state index in [1.807, 2.05) is 18.3 Å². The number of nitrogens with zero attached hydrogens (tertiary/aromatic N) is 3. The Labute approximate surface area is 175 Å². The number of H-pyrrole nitrogens is 1. The zero-order valence-corrected chi connectivity index (χ0v) is 16.4. The maximum Gasteiger partial charge on any atom is 0.490 e. The Kier molecular flexibility index (Phi) is 7.06.